The van der Waals surface area contributed by atoms with E-state index in [1.165, 1.54) is 0 Å². The highest BCUT2D eigenvalue weighted by Crippen LogP contribution is 2.25. The molecule has 6 heteroatoms. The van der Waals surface area contributed by atoms with Crippen molar-refractivity contribution in [3.05, 3.63) is 30.3 Å². The van der Waals surface area contributed by atoms with Crippen LogP contribution in [-0.4, -0.2) is 37.4 Å². The van der Waals surface area contributed by atoms with Gasteiger partial charge in [0.05, 0.1) is 6.10 Å². The molecule has 1 heterocycles. The molecule has 1 aromatic rings. The Labute approximate surface area is 156 Å². The molecule has 0 bridgehead atoms. The van der Waals surface area contributed by atoms with Gasteiger partial charge in [0.2, 0.25) is 0 Å². The highest BCUT2D eigenvalue weighted by molar-refractivity contribution is 5.85. The van der Waals surface area contributed by atoms with E-state index in [9.17, 15) is 4.79 Å². The third-order valence-corrected chi connectivity index (χ3v) is 4.49. The molecule has 4 atom stereocenters. The van der Waals surface area contributed by atoms with E-state index in [0.717, 1.165) is 25.0 Å². The van der Waals surface area contributed by atoms with Crippen molar-refractivity contribution in [3.8, 4) is 5.75 Å². The van der Waals surface area contributed by atoms with Gasteiger partial charge >= 0.3 is 5.97 Å². The number of rotatable bonds is 6. The van der Waals surface area contributed by atoms with Crippen LogP contribution in [0.5, 0.6) is 5.75 Å². The Kier molecular flexibility index (Phi) is 9.86. The zero-order chi connectivity index (χ0) is 17.4. The topological polar surface area (TPSA) is 70.8 Å². The Morgan fingerprint density at radius 3 is 2.68 bits per heavy atom. The SMILES string of the molecule is CCCC[C@H]1[C@H](C)OC(=O)[C@@H](N)CCO[C@@H]1COc1ccccc1.Cl. The first-order valence-electron chi connectivity index (χ1n) is 8.87. The first-order valence-corrected chi connectivity index (χ1v) is 8.87. The second kappa shape index (κ2) is 11.3. The van der Waals surface area contributed by atoms with Crippen LogP contribution in [0.4, 0.5) is 0 Å². The number of benzene rings is 1. The van der Waals surface area contributed by atoms with Gasteiger partial charge in [-0.15, -0.1) is 12.4 Å². The van der Waals surface area contributed by atoms with Crippen LogP contribution in [0.25, 0.3) is 0 Å². The molecule has 0 spiro atoms. The maximum absolute atomic E-state index is 12.0. The van der Waals surface area contributed by atoms with Crippen molar-refractivity contribution in [3.63, 3.8) is 0 Å². The summed E-state index contributed by atoms with van der Waals surface area (Å²) in [5.74, 6) is 0.580. The quantitative estimate of drug-likeness (QED) is 0.776. The Bertz CT molecular complexity index is 499. The van der Waals surface area contributed by atoms with Crippen LogP contribution in [0, 0.1) is 5.92 Å². The molecule has 0 unspecified atom stereocenters. The summed E-state index contributed by atoms with van der Waals surface area (Å²) in [6.45, 7) is 4.96. The number of carbonyl (C=O) groups excluding carboxylic acids is 1. The standard InChI is InChI=1S/C19H29NO4.ClH/c1-3-4-10-16-14(2)24-19(21)17(20)11-12-22-18(16)13-23-15-8-6-5-7-9-15;/h5-9,14,16-18H,3-4,10-13,20H2,1-2H3;1H/t14-,16-,17-,18+;/m0./s1. The average Bonchev–Trinajstić information content (AvgIpc) is 2.63. The molecule has 1 aromatic carbocycles. The molecular weight excluding hydrogens is 342 g/mol. The summed E-state index contributed by atoms with van der Waals surface area (Å²) in [4.78, 5) is 12.0. The number of ether oxygens (including phenoxy) is 3. The van der Waals surface area contributed by atoms with Gasteiger partial charge in [0.1, 0.15) is 24.5 Å². The number of carbonyl (C=O) groups is 1. The van der Waals surface area contributed by atoms with Gasteiger partial charge in [0.15, 0.2) is 0 Å². The van der Waals surface area contributed by atoms with Crippen LogP contribution in [0.3, 0.4) is 0 Å². The molecule has 0 aliphatic carbocycles. The fourth-order valence-corrected chi connectivity index (χ4v) is 2.98. The van der Waals surface area contributed by atoms with Crippen LogP contribution in [0.15, 0.2) is 30.3 Å². The lowest BCUT2D eigenvalue weighted by molar-refractivity contribution is -0.154. The second-order valence-corrected chi connectivity index (χ2v) is 6.38. The van der Waals surface area contributed by atoms with Gasteiger partial charge in [-0.2, -0.15) is 0 Å². The van der Waals surface area contributed by atoms with Crippen molar-refractivity contribution in [2.24, 2.45) is 11.7 Å². The van der Waals surface area contributed by atoms with Gasteiger partial charge < -0.3 is 19.9 Å². The van der Waals surface area contributed by atoms with Gasteiger partial charge in [0, 0.05) is 12.5 Å². The van der Waals surface area contributed by atoms with Crippen LogP contribution < -0.4 is 10.5 Å². The van der Waals surface area contributed by atoms with Gasteiger partial charge in [-0.05, 0) is 31.9 Å². The zero-order valence-electron chi connectivity index (χ0n) is 15.1. The third-order valence-electron chi connectivity index (χ3n) is 4.49. The second-order valence-electron chi connectivity index (χ2n) is 6.38. The summed E-state index contributed by atoms with van der Waals surface area (Å²) >= 11 is 0. The molecule has 142 valence electrons. The summed E-state index contributed by atoms with van der Waals surface area (Å²) in [6, 6.07) is 9.07. The number of unbranched alkanes of at least 4 members (excludes halogenated alkanes) is 1. The summed E-state index contributed by atoms with van der Waals surface area (Å²) in [5, 5.41) is 0. The van der Waals surface area contributed by atoms with Crippen LogP contribution >= 0.6 is 12.4 Å². The van der Waals surface area contributed by atoms with E-state index < -0.39 is 6.04 Å². The highest BCUT2D eigenvalue weighted by Gasteiger charge is 2.33. The molecule has 1 aliphatic heterocycles. The number of nitrogens with two attached hydrogens (primary N) is 1. The molecule has 1 fully saturated rings. The van der Waals surface area contributed by atoms with Gasteiger partial charge in [-0.3, -0.25) is 4.79 Å². The average molecular weight is 372 g/mol. The van der Waals surface area contributed by atoms with E-state index in [4.69, 9.17) is 19.9 Å². The van der Waals surface area contributed by atoms with Gasteiger partial charge in [-0.1, -0.05) is 38.0 Å². The van der Waals surface area contributed by atoms with E-state index in [0.29, 0.717) is 19.6 Å². The molecule has 2 N–H and O–H groups in total. The molecule has 25 heavy (non-hydrogen) atoms. The summed E-state index contributed by atoms with van der Waals surface area (Å²) in [5.41, 5.74) is 5.85. The minimum absolute atomic E-state index is 0. The zero-order valence-corrected chi connectivity index (χ0v) is 15.9. The number of cyclic esters (lactones) is 1. The van der Waals surface area contributed by atoms with Crippen LogP contribution in [-0.2, 0) is 14.3 Å². The molecule has 2 rings (SSSR count). The summed E-state index contributed by atoms with van der Waals surface area (Å²) in [6.07, 6.45) is 3.19. The number of esters is 1. The lowest BCUT2D eigenvalue weighted by Gasteiger charge is -2.30. The van der Waals surface area contributed by atoms with Crippen molar-refractivity contribution in [1.82, 2.24) is 0 Å². The predicted molar refractivity (Wildman–Crippen MR) is 100 cm³/mol. The molecule has 0 radical (unpaired) electrons. The molecule has 0 aromatic heterocycles. The normalized spacial score (nSPS) is 27.2. The maximum atomic E-state index is 12.0. The van der Waals surface area contributed by atoms with Gasteiger partial charge in [0.25, 0.3) is 0 Å². The Morgan fingerprint density at radius 1 is 1.28 bits per heavy atom. The van der Waals surface area contributed by atoms with Crippen molar-refractivity contribution >= 4 is 18.4 Å². The van der Waals surface area contributed by atoms with E-state index in [2.05, 4.69) is 6.92 Å². The Hall–Kier alpha value is -1.30. The minimum atomic E-state index is -0.618. The molecular formula is C19H30ClNO4. The van der Waals surface area contributed by atoms with Gasteiger partial charge in [-0.25, -0.2) is 0 Å². The lowest BCUT2D eigenvalue weighted by Crippen LogP contribution is -2.39. The first kappa shape index (κ1) is 21.7. The fourth-order valence-electron chi connectivity index (χ4n) is 2.98. The smallest absolute Gasteiger partial charge is 0.323 e. The highest BCUT2D eigenvalue weighted by atomic mass is 35.5. The summed E-state index contributed by atoms with van der Waals surface area (Å²) in [7, 11) is 0. The number of halogens is 1. The molecule has 1 saturated heterocycles. The Morgan fingerprint density at radius 2 is 2.00 bits per heavy atom. The monoisotopic (exact) mass is 371 g/mol. The van der Waals surface area contributed by atoms with Crippen molar-refractivity contribution in [2.45, 2.75) is 57.8 Å². The van der Waals surface area contributed by atoms with E-state index >= 15 is 0 Å². The lowest BCUT2D eigenvalue weighted by atomic mass is 9.91. The van der Waals surface area contributed by atoms with E-state index in [-0.39, 0.29) is 36.5 Å². The third kappa shape index (κ3) is 6.84. The van der Waals surface area contributed by atoms with Crippen LogP contribution in [0.1, 0.15) is 39.5 Å². The number of hydrogen-bond acceptors (Lipinski definition) is 5. The van der Waals surface area contributed by atoms with E-state index in [1.54, 1.807) is 0 Å². The molecule has 5 nitrogen and oxygen atoms in total. The maximum Gasteiger partial charge on any atom is 0.323 e. The van der Waals surface area contributed by atoms with Crippen LogP contribution in [0.2, 0.25) is 0 Å². The fraction of sp³-hybridized carbons (Fsp3) is 0.632. The van der Waals surface area contributed by atoms with Crippen molar-refractivity contribution in [1.29, 1.82) is 0 Å². The Balaban J connectivity index is 0.00000312. The minimum Gasteiger partial charge on any atom is -0.491 e. The van der Waals surface area contributed by atoms with E-state index in [1.807, 2.05) is 37.3 Å². The number of hydrogen-bond donors (Lipinski definition) is 1. The first-order chi connectivity index (χ1) is 11.6. The predicted octanol–water partition coefficient (Wildman–Crippen LogP) is 3.34. The molecule has 0 amide bonds. The van der Waals surface area contributed by atoms with Crippen molar-refractivity contribution < 1.29 is 19.0 Å². The van der Waals surface area contributed by atoms with Crippen molar-refractivity contribution in [2.75, 3.05) is 13.2 Å². The summed E-state index contributed by atoms with van der Waals surface area (Å²) < 4.78 is 17.5. The molecule has 0 saturated carbocycles. The molecule has 1 aliphatic rings. The number of para-hydroxylation sites is 1. The largest absolute Gasteiger partial charge is 0.491 e.